The van der Waals surface area contributed by atoms with E-state index >= 15 is 0 Å². The quantitative estimate of drug-likeness (QED) is 0.436. The van der Waals surface area contributed by atoms with Crippen LogP contribution in [0.15, 0.2) is 60.7 Å². The summed E-state index contributed by atoms with van der Waals surface area (Å²) in [4.78, 5) is 30.8. The Morgan fingerprint density at radius 2 is 1.54 bits per heavy atom. The summed E-state index contributed by atoms with van der Waals surface area (Å²) in [5, 5.41) is 13.1. The van der Waals surface area contributed by atoms with E-state index in [0.717, 1.165) is 24.0 Å². The summed E-state index contributed by atoms with van der Waals surface area (Å²) in [5.74, 6) is -0.123. The third kappa shape index (κ3) is 9.49. The molecule has 0 radical (unpaired) electrons. The molecule has 0 spiro atoms. The Morgan fingerprint density at radius 3 is 2.10 bits per heavy atom. The van der Waals surface area contributed by atoms with Crippen molar-refractivity contribution in [3.05, 3.63) is 71.8 Å². The van der Waals surface area contributed by atoms with Crippen LogP contribution in [0, 0.1) is 23.2 Å². The van der Waals surface area contributed by atoms with Crippen molar-refractivity contribution in [1.29, 1.82) is 5.26 Å². The average molecular weight is 531 g/mol. The summed E-state index contributed by atoms with van der Waals surface area (Å²) in [5.41, 5.74) is 2.31. The summed E-state index contributed by atoms with van der Waals surface area (Å²) >= 11 is 0. The molecule has 0 bridgehead atoms. The fourth-order valence-electron chi connectivity index (χ4n) is 5.80. The van der Waals surface area contributed by atoms with Gasteiger partial charge in [0.15, 0.2) is 0 Å². The van der Waals surface area contributed by atoms with Gasteiger partial charge in [0.2, 0.25) is 11.8 Å². The highest BCUT2D eigenvalue weighted by Gasteiger charge is 2.30. The number of morpholine rings is 1. The zero-order valence-electron chi connectivity index (χ0n) is 23.0. The van der Waals surface area contributed by atoms with E-state index in [-0.39, 0.29) is 18.2 Å². The molecule has 0 aromatic heterocycles. The Labute approximate surface area is 233 Å². The molecular formula is C32H42N4O3. The SMILES string of the molecule is N#CC(CN(Cc1ccccc1)Cc1ccccc1)NC(=O)C(CC(=O)N1CCOCC1)CC1CCCCC1. The molecule has 1 aliphatic heterocycles. The zero-order chi connectivity index (χ0) is 27.3. The van der Waals surface area contributed by atoms with E-state index in [1.165, 1.54) is 19.3 Å². The number of hydrogen-bond acceptors (Lipinski definition) is 5. The maximum Gasteiger partial charge on any atom is 0.224 e. The average Bonchev–Trinajstić information content (AvgIpc) is 2.98. The van der Waals surface area contributed by atoms with Crippen molar-refractivity contribution < 1.29 is 14.3 Å². The van der Waals surface area contributed by atoms with Crippen molar-refractivity contribution in [2.45, 2.75) is 64.1 Å². The first-order valence-corrected chi connectivity index (χ1v) is 14.5. The van der Waals surface area contributed by atoms with Crippen molar-refractivity contribution in [2.24, 2.45) is 11.8 Å². The van der Waals surface area contributed by atoms with Gasteiger partial charge in [0.1, 0.15) is 6.04 Å². The van der Waals surface area contributed by atoms with Gasteiger partial charge in [-0.15, -0.1) is 0 Å². The monoisotopic (exact) mass is 530 g/mol. The standard InChI is InChI=1S/C32H42N4O3/c33-22-30(25-35(23-27-12-6-2-7-13-27)24-28-14-8-3-9-15-28)34-32(38)29(20-26-10-4-1-5-11-26)21-31(37)36-16-18-39-19-17-36/h2-3,6-9,12-15,26,29-30H,1,4-5,10-11,16-21,23-25H2,(H,34,38). The van der Waals surface area contributed by atoms with Crippen LogP contribution in [0.25, 0.3) is 0 Å². The molecule has 1 aliphatic carbocycles. The fourth-order valence-corrected chi connectivity index (χ4v) is 5.80. The van der Waals surface area contributed by atoms with E-state index in [1.807, 2.05) is 41.3 Å². The molecule has 1 heterocycles. The maximum atomic E-state index is 13.6. The number of nitrogens with zero attached hydrogens (tertiary/aromatic N) is 3. The first-order valence-electron chi connectivity index (χ1n) is 14.5. The second kappa shape index (κ2) is 15.4. The smallest absolute Gasteiger partial charge is 0.224 e. The van der Waals surface area contributed by atoms with Crippen LogP contribution in [0.5, 0.6) is 0 Å². The first-order chi connectivity index (χ1) is 19.1. The topological polar surface area (TPSA) is 85.7 Å². The lowest BCUT2D eigenvalue weighted by Gasteiger charge is -2.31. The molecule has 7 nitrogen and oxygen atoms in total. The van der Waals surface area contributed by atoms with E-state index in [0.29, 0.717) is 58.3 Å². The van der Waals surface area contributed by atoms with E-state index < -0.39 is 12.0 Å². The van der Waals surface area contributed by atoms with Gasteiger partial charge in [0.25, 0.3) is 0 Å². The minimum absolute atomic E-state index is 0.0116. The van der Waals surface area contributed by atoms with Crippen LogP contribution in [0.3, 0.4) is 0 Å². The summed E-state index contributed by atoms with van der Waals surface area (Å²) in [6.07, 6.45) is 6.74. The number of amides is 2. The van der Waals surface area contributed by atoms with Crippen LogP contribution in [-0.2, 0) is 27.4 Å². The second-order valence-corrected chi connectivity index (χ2v) is 11.0. The van der Waals surface area contributed by atoms with E-state index in [4.69, 9.17) is 4.74 Å². The Morgan fingerprint density at radius 1 is 0.949 bits per heavy atom. The molecule has 2 aromatic rings. The van der Waals surface area contributed by atoms with Crippen molar-refractivity contribution in [1.82, 2.24) is 15.1 Å². The second-order valence-electron chi connectivity index (χ2n) is 11.0. The Hall–Kier alpha value is -3.21. The number of nitrogens with one attached hydrogen (secondary N) is 1. The van der Waals surface area contributed by atoms with E-state index in [9.17, 15) is 14.9 Å². The predicted molar refractivity (Wildman–Crippen MR) is 151 cm³/mol. The fraction of sp³-hybridized carbons (Fsp3) is 0.531. The molecule has 1 saturated carbocycles. The normalized spacial score (nSPS) is 17.8. The molecule has 2 unspecified atom stereocenters. The van der Waals surface area contributed by atoms with Crippen LogP contribution < -0.4 is 5.32 Å². The van der Waals surface area contributed by atoms with E-state index in [2.05, 4.69) is 40.6 Å². The van der Waals surface area contributed by atoms with Gasteiger partial charge in [-0.1, -0.05) is 92.8 Å². The van der Waals surface area contributed by atoms with Crippen LogP contribution in [0.4, 0.5) is 0 Å². The minimum atomic E-state index is -0.669. The number of nitriles is 1. The van der Waals surface area contributed by atoms with Gasteiger partial charge in [-0.3, -0.25) is 14.5 Å². The van der Waals surface area contributed by atoms with Crippen molar-refractivity contribution in [2.75, 3.05) is 32.8 Å². The highest BCUT2D eigenvalue weighted by Crippen LogP contribution is 2.30. The molecule has 4 rings (SSSR count). The number of carbonyl (C=O) groups excluding carboxylic acids is 2. The lowest BCUT2D eigenvalue weighted by Crippen LogP contribution is -2.47. The molecule has 208 valence electrons. The lowest BCUT2D eigenvalue weighted by atomic mass is 9.81. The number of carbonyl (C=O) groups is 2. The highest BCUT2D eigenvalue weighted by molar-refractivity contribution is 5.86. The van der Waals surface area contributed by atoms with Gasteiger partial charge in [-0.25, -0.2) is 0 Å². The van der Waals surface area contributed by atoms with Crippen LogP contribution in [0.2, 0.25) is 0 Å². The Bertz CT molecular complexity index is 1020. The number of rotatable bonds is 12. The van der Waals surface area contributed by atoms with Gasteiger partial charge < -0.3 is 15.0 Å². The highest BCUT2D eigenvalue weighted by atomic mass is 16.5. The lowest BCUT2D eigenvalue weighted by molar-refractivity contribution is -0.140. The molecular weight excluding hydrogens is 488 g/mol. The first kappa shape index (κ1) is 28.8. The third-order valence-corrected chi connectivity index (χ3v) is 7.91. The van der Waals surface area contributed by atoms with Gasteiger partial charge in [0, 0.05) is 45.1 Å². The molecule has 2 amide bonds. The van der Waals surface area contributed by atoms with Crippen molar-refractivity contribution >= 4 is 11.8 Å². The van der Waals surface area contributed by atoms with Gasteiger partial charge in [-0.2, -0.15) is 5.26 Å². The molecule has 2 atom stereocenters. The summed E-state index contributed by atoms with van der Waals surface area (Å²) in [7, 11) is 0. The van der Waals surface area contributed by atoms with Gasteiger partial charge in [-0.05, 0) is 23.5 Å². The molecule has 1 saturated heterocycles. The van der Waals surface area contributed by atoms with Crippen LogP contribution >= 0.6 is 0 Å². The molecule has 1 N–H and O–H groups in total. The van der Waals surface area contributed by atoms with Gasteiger partial charge >= 0.3 is 0 Å². The third-order valence-electron chi connectivity index (χ3n) is 7.91. The van der Waals surface area contributed by atoms with Crippen LogP contribution in [0.1, 0.15) is 56.1 Å². The van der Waals surface area contributed by atoms with E-state index in [1.54, 1.807) is 0 Å². The number of ether oxygens (including phenoxy) is 1. The van der Waals surface area contributed by atoms with Crippen molar-refractivity contribution in [3.63, 3.8) is 0 Å². The molecule has 2 aliphatic rings. The zero-order valence-corrected chi connectivity index (χ0v) is 23.0. The largest absolute Gasteiger partial charge is 0.378 e. The summed E-state index contributed by atoms with van der Waals surface area (Å²) in [6, 6.07) is 22.0. The summed E-state index contributed by atoms with van der Waals surface area (Å²) < 4.78 is 5.40. The van der Waals surface area contributed by atoms with Crippen molar-refractivity contribution in [3.8, 4) is 6.07 Å². The number of hydrogen-bond donors (Lipinski definition) is 1. The predicted octanol–water partition coefficient (Wildman–Crippen LogP) is 4.53. The Balaban J connectivity index is 1.43. The molecule has 39 heavy (non-hydrogen) atoms. The molecule has 7 heteroatoms. The van der Waals surface area contributed by atoms with Crippen LogP contribution in [-0.4, -0.2) is 60.5 Å². The summed E-state index contributed by atoms with van der Waals surface area (Å²) in [6.45, 7) is 3.98. The Kier molecular flexibility index (Phi) is 11.4. The van der Waals surface area contributed by atoms with Gasteiger partial charge in [0.05, 0.1) is 19.3 Å². The minimum Gasteiger partial charge on any atom is -0.378 e. The number of benzene rings is 2. The maximum absolute atomic E-state index is 13.6. The molecule has 2 aromatic carbocycles. The molecule has 2 fully saturated rings.